The first kappa shape index (κ1) is 11.3. The number of ether oxygens (including phenoxy) is 1. The van der Waals surface area contributed by atoms with E-state index in [1.54, 1.807) is 18.0 Å². The molecule has 17 heavy (non-hydrogen) atoms. The number of nitrogens with zero attached hydrogens (tertiary/aromatic N) is 3. The number of aromatic nitrogens is 3. The molecule has 0 saturated heterocycles. The lowest BCUT2D eigenvalue weighted by atomic mass is 10.2. The van der Waals surface area contributed by atoms with E-state index in [9.17, 15) is 4.79 Å². The predicted molar refractivity (Wildman–Crippen MR) is 62.3 cm³/mol. The van der Waals surface area contributed by atoms with Crippen LogP contribution in [0.5, 0.6) is 5.75 Å². The summed E-state index contributed by atoms with van der Waals surface area (Å²) >= 11 is 0. The molecule has 1 aromatic heterocycles. The zero-order valence-electron chi connectivity index (χ0n) is 9.75. The molecule has 0 unspecified atom stereocenters. The summed E-state index contributed by atoms with van der Waals surface area (Å²) in [5.41, 5.74) is 1.46. The van der Waals surface area contributed by atoms with Crippen molar-refractivity contribution in [1.82, 2.24) is 15.0 Å². The molecule has 0 aliphatic heterocycles. The highest BCUT2D eigenvalue weighted by atomic mass is 16.5. The van der Waals surface area contributed by atoms with Crippen molar-refractivity contribution < 1.29 is 9.53 Å². The Kier molecular flexibility index (Phi) is 3.18. The SMILES string of the molecule is COc1ccccc1-n1cc(CC(C)=O)nn1. The van der Waals surface area contributed by atoms with Gasteiger partial charge in [-0.1, -0.05) is 17.3 Å². The summed E-state index contributed by atoms with van der Waals surface area (Å²) in [6, 6.07) is 7.51. The Hall–Kier alpha value is -2.17. The van der Waals surface area contributed by atoms with E-state index in [-0.39, 0.29) is 5.78 Å². The molecule has 0 atom stereocenters. The lowest BCUT2D eigenvalue weighted by Gasteiger charge is -2.06. The molecule has 0 N–H and O–H groups in total. The number of benzene rings is 1. The van der Waals surface area contributed by atoms with Gasteiger partial charge in [-0.2, -0.15) is 0 Å². The van der Waals surface area contributed by atoms with Gasteiger partial charge in [-0.25, -0.2) is 4.68 Å². The number of methoxy groups -OCH3 is 1. The zero-order valence-corrected chi connectivity index (χ0v) is 9.75. The Morgan fingerprint density at radius 2 is 2.18 bits per heavy atom. The minimum atomic E-state index is 0.0667. The summed E-state index contributed by atoms with van der Waals surface area (Å²) in [6.07, 6.45) is 2.04. The highest BCUT2D eigenvalue weighted by molar-refractivity contribution is 5.77. The standard InChI is InChI=1S/C12H13N3O2/c1-9(16)7-10-8-15(14-13-10)11-5-3-4-6-12(11)17-2/h3-6,8H,7H2,1-2H3. The van der Waals surface area contributed by atoms with Gasteiger partial charge in [0, 0.05) is 0 Å². The lowest BCUT2D eigenvalue weighted by Crippen LogP contribution is -1.98. The first-order valence-corrected chi connectivity index (χ1v) is 5.25. The summed E-state index contributed by atoms with van der Waals surface area (Å²) in [6.45, 7) is 1.53. The van der Waals surface area contributed by atoms with E-state index in [0.717, 1.165) is 5.69 Å². The summed E-state index contributed by atoms with van der Waals surface area (Å²) in [4.78, 5) is 11.0. The Morgan fingerprint density at radius 3 is 2.88 bits per heavy atom. The van der Waals surface area contributed by atoms with Crippen LogP contribution in [0.4, 0.5) is 0 Å². The smallest absolute Gasteiger partial charge is 0.144 e. The Bertz CT molecular complexity index is 534. The molecular formula is C12H13N3O2. The molecule has 0 aliphatic rings. The fraction of sp³-hybridized carbons (Fsp3) is 0.250. The molecule has 0 spiro atoms. The summed E-state index contributed by atoms with van der Waals surface area (Å²) in [5.74, 6) is 0.781. The fourth-order valence-corrected chi connectivity index (χ4v) is 1.57. The minimum Gasteiger partial charge on any atom is -0.494 e. The molecule has 1 heterocycles. The minimum absolute atomic E-state index is 0.0667. The Balaban J connectivity index is 2.33. The molecule has 0 aliphatic carbocycles. The van der Waals surface area contributed by atoms with Gasteiger partial charge < -0.3 is 4.74 Å². The second-order valence-electron chi connectivity index (χ2n) is 3.71. The molecular weight excluding hydrogens is 218 g/mol. The molecule has 0 saturated carbocycles. The van der Waals surface area contributed by atoms with Gasteiger partial charge in [0.2, 0.25) is 0 Å². The van der Waals surface area contributed by atoms with Crippen molar-refractivity contribution in [1.29, 1.82) is 0 Å². The highest BCUT2D eigenvalue weighted by Crippen LogP contribution is 2.20. The number of Topliss-reactive ketones (excluding diaryl/α,β-unsaturated/α-hetero) is 1. The third-order valence-electron chi connectivity index (χ3n) is 2.30. The zero-order chi connectivity index (χ0) is 12.3. The van der Waals surface area contributed by atoms with Crippen molar-refractivity contribution in [3.8, 4) is 11.4 Å². The van der Waals surface area contributed by atoms with Gasteiger partial charge in [0.05, 0.1) is 25.4 Å². The molecule has 0 amide bonds. The van der Waals surface area contributed by atoms with Crippen LogP contribution in [0, 0.1) is 0 Å². The quantitative estimate of drug-likeness (QED) is 0.798. The monoisotopic (exact) mass is 231 g/mol. The lowest BCUT2D eigenvalue weighted by molar-refractivity contribution is -0.116. The molecule has 88 valence electrons. The number of para-hydroxylation sites is 2. The topological polar surface area (TPSA) is 57.0 Å². The van der Waals surface area contributed by atoms with Gasteiger partial charge in [0.15, 0.2) is 0 Å². The summed E-state index contributed by atoms with van der Waals surface area (Å²) in [5, 5.41) is 7.93. The number of hydrogen-bond acceptors (Lipinski definition) is 4. The van der Waals surface area contributed by atoms with E-state index in [1.165, 1.54) is 6.92 Å². The number of rotatable bonds is 4. The van der Waals surface area contributed by atoms with Gasteiger partial charge >= 0.3 is 0 Å². The average Bonchev–Trinajstić information content (AvgIpc) is 2.76. The number of hydrogen-bond donors (Lipinski definition) is 0. The first-order chi connectivity index (χ1) is 8.20. The third kappa shape index (κ3) is 2.50. The summed E-state index contributed by atoms with van der Waals surface area (Å²) < 4.78 is 6.84. The van der Waals surface area contributed by atoms with Gasteiger partial charge in [-0.15, -0.1) is 5.10 Å². The van der Waals surface area contributed by atoms with E-state index in [0.29, 0.717) is 17.9 Å². The number of carbonyl (C=O) groups excluding carboxylic acids is 1. The molecule has 1 aromatic carbocycles. The van der Waals surface area contributed by atoms with Crippen LogP contribution >= 0.6 is 0 Å². The third-order valence-corrected chi connectivity index (χ3v) is 2.30. The number of carbonyl (C=O) groups is 1. The van der Waals surface area contributed by atoms with Crippen LogP contribution in [0.2, 0.25) is 0 Å². The van der Waals surface area contributed by atoms with E-state index in [4.69, 9.17) is 4.74 Å². The maximum atomic E-state index is 11.0. The average molecular weight is 231 g/mol. The molecule has 2 rings (SSSR count). The fourth-order valence-electron chi connectivity index (χ4n) is 1.57. The normalized spacial score (nSPS) is 10.2. The highest BCUT2D eigenvalue weighted by Gasteiger charge is 2.08. The van der Waals surface area contributed by atoms with Crippen LogP contribution in [-0.4, -0.2) is 27.9 Å². The van der Waals surface area contributed by atoms with E-state index in [2.05, 4.69) is 10.3 Å². The van der Waals surface area contributed by atoms with Crippen LogP contribution in [0.1, 0.15) is 12.6 Å². The predicted octanol–water partition coefficient (Wildman–Crippen LogP) is 1.41. The van der Waals surface area contributed by atoms with Crippen molar-refractivity contribution in [2.45, 2.75) is 13.3 Å². The van der Waals surface area contributed by atoms with Crippen LogP contribution in [0.25, 0.3) is 5.69 Å². The molecule has 2 aromatic rings. The van der Waals surface area contributed by atoms with Crippen LogP contribution < -0.4 is 4.74 Å². The number of ketones is 1. The van der Waals surface area contributed by atoms with Gasteiger partial charge in [0.1, 0.15) is 17.2 Å². The molecule has 0 fully saturated rings. The van der Waals surface area contributed by atoms with Crippen molar-refractivity contribution in [2.75, 3.05) is 7.11 Å². The van der Waals surface area contributed by atoms with Gasteiger partial charge in [-0.05, 0) is 19.1 Å². The van der Waals surface area contributed by atoms with Crippen LogP contribution in [0.15, 0.2) is 30.5 Å². The van der Waals surface area contributed by atoms with Crippen molar-refractivity contribution in [2.24, 2.45) is 0 Å². The Morgan fingerprint density at radius 1 is 1.41 bits per heavy atom. The first-order valence-electron chi connectivity index (χ1n) is 5.25. The maximum absolute atomic E-state index is 11.0. The van der Waals surface area contributed by atoms with Crippen LogP contribution in [0.3, 0.4) is 0 Å². The van der Waals surface area contributed by atoms with Crippen molar-refractivity contribution in [3.63, 3.8) is 0 Å². The molecule has 0 radical (unpaired) electrons. The molecule has 5 heteroatoms. The molecule has 5 nitrogen and oxygen atoms in total. The van der Waals surface area contributed by atoms with Crippen molar-refractivity contribution in [3.05, 3.63) is 36.2 Å². The second kappa shape index (κ2) is 4.78. The Labute approximate surface area is 99.0 Å². The summed E-state index contributed by atoms with van der Waals surface area (Å²) in [7, 11) is 1.60. The van der Waals surface area contributed by atoms with E-state index in [1.807, 2.05) is 24.3 Å². The molecule has 0 bridgehead atoms. The van der Waals surface area contributed by atoms with Crippen molar-refractivity contribution >= 4 is 5.78 Å². The van der Waals surface area contributed by atoms with E-state index >= 15 is 0 Å². The van der Waals surface area contributed by atoms with E-state index < -0.39 is 0 Å². The largest absolute Gasteiger partial charge is 0.494 e. The van der Waals surface area contributed by atoms with Crippen LogP contribution in [-0.2, 0) is 11.2 Å². The second-order valence-corrected chi connectivity index (χ2v) is 3.71. The van der Waals surface area contributed by atoms with Gasteiger partial charge in [-0.3, -0.25) is 4.79 Å². The maximum Gasteiger partial charge on any atom is 0.144 e. The van der Waals surface area contributed by atoms with Gasteiger partial charge in [0.25, 0.3) is 0 Å².